The summed E-state index contributed by atoms with van der Waals surface area (Å²) in [5, 5.41) is 5.53. The summed E-state index contributed by atoms with van der Waals surface area (Å²) in [6.07, 6.45) is 3.21. The second-order valence-electron chi connectivity index (χ2n) is 5.73. The molecule has 7 heteroatoms. The van der Waals surface area contributed by atoms with Crippen molar-refractivity contribution in [2.24, 2.45) is 0 Å². The fraction of sp³-hybridized carbons (Fsp3) is 0.105. The SMILES string of the molecule is Cc1ccc(-c2nc(CC(=O)Nc3cccc(-c4cnco4)c3)cs2)o1. The lowest BCUT2D eigenvalue weighted by atomic mass is 10.1. The van der Waals surface area contributed by atoms with Crippen molar-refractivity contribution in [2.75, 3.05) is 5.32 Å². The quantitative estimate of drug-likeness (QED) is 0.561. The number of carbonyl (C=O) groups is 1. The van der Waals surface area contributed by atoms with Gasteiger partial charge in [0.2, 0.25) is 5.91 Å². The highest BCUT2D eigenvalue weighted by atomic mass is 32.1. The number of carbonyl (C=O) groups excluding carboxylic acids is 1. The second-order valence-corrected chi connectivity index (χ2v) is 6.58. The molecule has 0 fully saturated rings. The van der Waals surface area contributed by atoms with Gasteiger partial charge in [0, 0.05) is 16.6 Å². The van der Waals surface area contributed by atoms with E-state index in [0.29, 0.717) is 17.1 Å². The van der Waals surface area contributed by atoms with Crippen LogP contribution in [0.2, 0.25) is 0 Å². The van der Waals surface area contributed by atoms with Crippen LogP contribution in [0.5, 0.6) is 0 Å². The zero-order valence-electron chi connectivity index (χ0n) is 13.9. The van der Waals surface area contributed by atoms with Crippen LogP contribution in [0.15, 0.2) is 63.2 Å². The van der Waals surface area contributed by atoms with Gasteiger partial charge in [0.05, 0.1) is 18.3 Å². The summed E-state index contributed by atoms with van der Waals surface area (Å²) in [5.74, 6) is 2.08. The first-order valence-corrected chi connectivity index (χ1v) is 8.85. The number of thiazole rings is 1. The van der Waals surface area contributed by atoms with Crippen LogP contribution in [0, 0.1) is 6.92 Å². The Morgan fingerprint density at radius 2 is 2.15 bits per heavy atom. The molecule has 130 valence electrons. The van der Waals surface area contributed by atoms with Crippen LogP contribution in [0.4, 0.5) is 5.69 Å². The molecule has 3 aromatic heterocycles. The van der Waals surface area contributed by atoms with E-state index in [1.54, 1.807) is 6.20 Å². The first-order valence-electron chi connectivity index (χ1n) is 7.97. The Hall–Kier alpha value is -3.19. The van der Waals surface area contributed by atoms with Crippen molar-refractivity contribution >= 4 is 22.9 Å². The number of oxazole rings is 1. The van der Waals surface area contributed by atoms with Gasteiger partial charge in [-0.2, -0.15) is 0 Å². The van der Waals surface area contributed by atoms with E-state index in [9.17, 15) is 4.79 Å². The molecule has 6 nitrogen and oxygen atoms in total. The van der Waals surface area contributed by atoms with Gasteiger partial charge >= 0.3 is 0 Å². The molecule has 0 saturated carbocycles. The van der Waals surface area contributed by atoms with Crippen LogP contribution in [-0.4, -0.2) is 15.9 Å². The number of furan rings is 1. The number of rotatable bonds is 5. The lowest BCUT2D eigenvalue weighted by Crippen LogP contribution is -2.14. The molecule has 26 heavy (non-hydrogen) atoms. The molecule has 3 heterocycles. The number of nitrogens with one attached hydrogen (secondary N) is 1. The third-order valence-corrected chi connectivity index (χ3v) is 4.61. The van der Waals surface area contributed by atoms with Crippen molar-refractivity contribution in [1.82, 2.24) is 9.97 Å². The molecule has 4 aromatic rings. The summed E-state index contributed by atoms with van der Waals surface area (Å²) < 4.78 is 10.8. The zero-order valence-corrected chi connectivity index (χ0v) is 14.7. The van der Waals surface area contributed by atoms with E-state index in [4.69, 9.17) is 8.83 Å². The molecule has 0 saturated heterocycles. The number of amides is 1. The molecule has 0 radical (unpaired) electrons. The van der Waals surface area contributed by atoms with Crippen molar-refractivity contribution < 1.29 is 13.6 Å². The van der Waals surface area contributed by atoms with Crippen molar-refractivity contribution in [2.45, 2.75) is 13.3 Å². The number of aromatic nitrogens is 2. The molecule has 1 amide bonds. The molecule has 0 bridgehead atoms. The summed E-state index contributed by atoms with van der Waals surface area (Å²) in [7, 11) is 0. The average Bonchev–Trinajstić information content (AvgIpc) is 3.36. The van der Waals surface area contributed by atoms with Gasteiger partial charge in [-0.25, -0.2) is 9.97 Å². The molecule has 0 aliphatic rings. The highest BCUT2D eigenvalue weighted by molar-refractivity contribution is 7.13. The molecule has 0 atom stereocenters. The van der Waals surface area contributed by atoms with E-state index in [-0.39, 0.29) is 12.3 Å². The third kappa shape index (κ3) is 3.57. The van der Waals surface area contributed by atoms with Crippen LogP contribution in [0.25, 0.3) is 22.1 Å². The summed E-state index contributed by atoms with van der Waals surface area (Å²) in [4.78, 5) is 20.7. The van der Waals surface area contributed by atoms with Gasteiger partial charge in [0.15, 0.2) is 22.9 Å². The molecule has 1 aromatic carbocycles. The molecule has 4 rings (SSSR count). The standard InChI is InChI=1S/C19H15N3O3S/c1-12-5-6-16(25-12)19-22-15(10-26-19)8-18(23)21-14-4-2-3-13(7-14)17-9-20-11-24-17/h2-7,9-11H,8H2,1H3,(H,21,23). The number of hydrogen-bond donors (Lipinski definition) is 1. The highest BCUT2D eigenvalue weighted by Gasteiger charge is 2.12. The van der Waals surface area contributed by atoms with E-state index < -0.39 is 0 Å². The smallest absolute Gasteiger partial charge is 0.230 e. The first kappa shape index (κ1) is 16.3. The zero-order chi connectivity index (χ0) is 17.9. The summed E-state index contributed by atoms with van der Waals surface area (Å²) in [5.41, 5.74) is 2.26. The van der Waals surface area contributed by atoms with Crippen LogP contribution in [-0.2, 0) is 11.2 Å². The summed E-state index contributed by atoms with van der Waals surface area (Å²) in [6, 6.07) is 11.2. The van der Waals surface area contributed by atoms with Crippen molar-refractivity contribution in [3.05, 3.63) is 65.8 Å². The lowest BCUT2D eigenvalue weighted by Gasteiger charge is -2.05. The maximum atomic E-state index is 12.3. The van der Waals surface area contributed by atoms with Gasteiger partial charge < -0.3 is 14.2 Å². The largest absolute Gasteiger partial charge is 0.459 e. The molecule has 0 aliphatic heterocycles. The van der Waals surface area contributed by atoms with Crippen LogP contribution in [0.1, 0.15) is 11.5 Å². The summed E-state index contributed by atoms with van der Waals surface area (Å²) >= 11 is 1.46. The van der Waals surface area contributed by atoms with Gasteiger partial charge in [-0.3, -0.25) is 4.79 Å². The minimum absolute atomic E-state index is 0.132. The van der Waals surface area contributed by atoms with Crippen molar-refractivity contribution in [1.29, 1.82) is 0 Å². The number of aryl methyl sites for hydroxylation is 1. The number of anilines is 1. The lowest BCUT2D eigenvalue weighted by molar-refractivity contribution is -0.115. The normalized spacial score (nSPS) is 10.8. The Morgan fingerprint density at radius 3 is 2.92 bits per heavy atom. The Bertz CT molecular complexity index is 1030. The molecule has 1 N–H and O–H groups in total. The molecule has 0 spiro atoms. The monoisotopic (exact) mass is 365 g/mol. The molecular formula is C19H15N3O3S. The first-order chi connectivity index (χ1) is 12.7. The molecule has 0 aliphatic carbocycles. The highest BCUT2D eigenvalue weighted by Crippen LogP contribution is 2.26. The van der Waals surface area contributed by atoms with Crippen LogP contribution >= 0.6 is 11.3 Å². The Kier molecular flexibility index (Phi) is 4.37. The van der Waals surface area contributed by atoms with Gasteiger partial charge in [-0.1, -0.05) is 12.1 Å². The van der Waals surface area contributed by atoms with Gasteiger partial charge in [-0.05, 0) is 31.2 Å². The fourth-order valence-corrected chi connectivity index (χ4v) is 3.31. The van der Waals surface area contributed by atoms with Crippen molar-refractivity contribution in [3.8, 4) is 22.1 Å². The second kappa shape index (κ2) is 6.97. The maximum Gasteiger partial charge on any atom is 0.230 e. The molecule has 0 unspecified atom stereocenters. The third-order valence-electron chi connectivity index (χ3n) is 3.71. The van der Waals surface area contributed by atoms with Crippen molar-refractivity contribution in [3.63, 3.8) is 0 Å². The average molecular weight is 365 g/mol. The van der Waals surface area contributed by atoms with E-state index >= 15 is 0 Å². The number of nitrogens with zero attached hydrogens (tertiary/aromatic N) is 2. The summed E-state index contributed by atoms with van der Waals surface area (Å²) in [6.45, 7) is 1.89. The fourth-order valence-electron chi connectivity index (χ4n) is 2.53. The Morgan fingerprint density at radius 1 is 1.23 bits per heavy atom. The Labute approximate surface area is 153 Å². The minimum atomic E-state index is -0.132. The topological polar surface area (TPSA) is 81.2 Å². The maximum absolute atomic E-state index is 12.3. The van der Waals surface area contributed by atoms with E-state index in [0.717, 1.165) is 22.1 Å². The number of hydrogen-bond acceptors (Lipinski definition) is 6. The number of benzene rings is 1. The van der Waals surface area contributed by atoms with E-state index in [2.05, 4.69) is 15.3 Å². The van der Waals surface area contributed by atoms with Crippen LogP contribution in [0.3, 0.4) is 0 Å². The van der Waals surface area contributed by atoms with E-state index in [1.807, 2.05) is 48.7 Å². The predicted molar refractivity (Wildman–Crippen MR) is 98.8 cm³/mol. The van der Waals surface area contributed by atoms with Gasteiger partial charge in [-0.15, -0.1) is 11.3 Å². The van der Waals surface area contributed by atoms with Gasteiger partial charge in [0.25, 0.3) is 0 Å². The van der Waals surface area contributed by atoms with E-state index in [1.165, 1.54) is 17.7 Å². The predicted octanol–water partition coefficient (Wildman–Crippen LogP) is 4.55. The minimum Gasteiger partial charge on any atom is -0.459 e. The van der Waals surface area contributed by atoms with Gasteiger partial charge in [0.1, 0.15) is 5.76 Å². The molecular weight excluding hydrogens is 350 g/mol. The van der Waals surface area contributed by atoms with Crippen LogP contribution < -0.4 is 5.32 Å². The Balaban J connectivity index is 1.43.